The van der Waals surface area contributed by atoms with Gasteiger partial charge in [-0.3, -0.25) is 19.3 Å². The quantitative estimate of drug-likeness (QED) is 0.0767. The van der Waals surface area contributed by atoms with E-state index in [1.807, 2.05) is 0 Å². The molecule has 3 amide bonds. The van der Waals surface area contributed by atoms with Gasteiger partial charge in [-0.05, 0) is 0 Å². The van der Waals surface area contributed by atoms with Gasteiger partial charge in [0.15, 0.2) is 29.8 Å². The van der Waals surface area contributed by atoms with Crippen molar-refractivity contribution in [2.75, 3.05) is 18.1 Å². The van der Waals surface area contributed by atoms with Crippen molar-refractivity contribution in [1.82, 2.24) is 15.2 Å². The van der Waals surface area contributed by atoms with E-state index in [0.717, 1.165) is 28.0 Å². The van der Waals surface area contributed by atoms with E-state index in [1.165, 1.54) is 9.95 Å². The Morgan fingerprint density at radius 2 is 2.11 bits per heavy atom. The van der Waals surface area contributed by atoms with Crippen molar-refractivity contribution in [2.24, 2.45) is 10.9 Å². The number of carboxylic acids is 1. The van der Waals surface area contributed by atoms with Crippen molar-refractivity contribution < 1.29 is 33.7 Å². The number of nitrogens with zero attached hydrogens (tertiary/aromatic N) is 4. The molecule has 0 spiro atoms. The van der Waals surface area contributed by atoms with Gasteiger partial charge >= 0.3 is 0 Å². The minimum Gasteiger partial charge on any atom is -0.543 e. The Morgan fingerprint density at radius 1 is 1.38 bits per heavy atom. The number of aliphatic carboxylic acids is 1. The highest BCUT2D eigenvalue weighted by molar-refractivity contribution is 8.00. The van der Waals surface area contributed by atoms with E-state index < -0.39 is 46.8 Å². The van der Waals surface area contributed by atoms with Gasteiger partial charge < -0.3 is 31.5 Å². The van der Waals surface area contributed by atoms with Crippen LogP contribution >= 0.6 is 23.1 Å². The Balaban J connectivity index is 1.61. The topological polar surface area (TPSA) is 197 Å². The van der Waals surface area contributed by atoms with Gasteiger partial charge in [0.1, 0.15) is 17.1 Å². The molecule has 13 nitrogen and oxygen atoms in total. The van der Waals surface area contributed by atoms with E-state index in [0.29, 0.717) is 0 Å². The molecule has 5 N–H and O–H groups in total. The monoisotopic (exact) mass is 541 g/mol. The third-order valence-electron chi connectivity index (χ3n) is 5.40. The van der Waals surface area contributed by atoms with Gasteiger partial charge in [0.05, 0.1) is 11.7 Å². The Kier molecular flexibility index (Phi) is 7.41. The second-order valence-corrected chi connectivity index (χ2v) is 9.63. The summed E-state index contributed by atoms with van der Waals surface area (Å²) in [6.45, 7) is -0.214. The average molecular weight is 542 g/mol. The van der Waals surface area contributed by atoms with E-state index in [9.17, 15) is 24.3 Å². The third kappa shape index (κ3) is 4.97. The number of nitrogens with two attached hydrogens (primary N) is 2. The second-order valence-electron chi connectivity index (χ2n) is 7.64. The predicted molar refractivity (Wildman–Crippen MR) is 130 cm³/mol. The highest BCUT2D eigenvalue weighted by Gasteiger charge is 2.55. The van der Waals surface area contributed by atoms with Crippen LogP contribution in [0.4, 0.5) is 5.13 Å². The lowest BCUT2D eigenvalue weighted by Gasteiger charge is -2.50. The predicted octanol–water partition coefficient (Wildman–Crippen LogP) is -2.50. The number of hydrogen-bond donors (Lipinski definition) is 3. The molecule has 2 unspecified atom stereocenters. The van der Waals surface area contributed by atoms with Crippen LogP contribution in [0.5, 0.6) is 0 Å². The molecule has 0 radical (unpaired) electrons. The van der Waals surface area contributed by atoms with Crippen LogP contribution in [0.15, 0.2) is 52.4 Å². The van der Waals surface area contributed by atoms with Gasteiger partial charge in [-0.15, -0.1) is 29.5 Å². The molecular formula is C22H19N7O6S2. The number of hydrogen-bond acceptors (Lipinski definition) is 11. The number of nitrogen functional groups attached to an aromatic ring is 1. The first kappa shape index (κ1) is 25.7. The van der Waals surface area contributed by atoms with Crippen LogP contribution in [0.3, 0.4) is 0 Å². The maximum Gasteiger partial charge on any atom is 0.291 e. The van der Waals surface area contributed by atoms with Crippen LogP contribution in [0.2, 0.25) is 0 Å². The molecule has 15 heteroatoms. The summed E-state index contributed by atoms with van der Waals surface area (Å²) in [6, 6.07) is 2.76. The summed E-state index contributed by atoms with van der Waals surface area (Å²) in [7, 11) is 0. The highest BCUT2D eigenvalue weighted by atomic mass is 32.2. The molecule has 0 bridgehead atoms. The number of carbonyl (C=O) groups is 4. The summed E-state index contributed by atoms with van der Waals surface area (Å²) in [5.74, 6) is -1.74. The van der Waals surface area contributed by atoms with Crippen LogP contribution in [-0.4, -0.2) is 63.1 Å². The number of carboxylic acid groups (broad SMARTS) is 1. The van der Waals surface area contributed by atoms with Crippen molar-refractivity contribution >= 4 is 57.6 Å². The molecule has 4 heterocycles. The van der Waals surface area contributed by atoms with Gasteiger partial charge in [0.2, 0.25) is 0 Å². The molecule has 1 saturated heterocycles. The van der Waals surface area contributed by atoms with Crippen molar-refractivity contribution in [3.05, 3.63) is 52.9 Å². The van der Waals surface area contributed by atoms with Gasteiger partial charge in [0, 0.05) is 28.8 Å². The van der Waals surface area contributed by atoms with E-state index in [1.54, 1.807) is 30.6 Å². The normalized spacial score (nSPS) is 19.8. The molecule has 2 aliphatic rings. The van der Waals surface area contributed by atoms with E-state index >= 15 is 0 Å². The molecule has 2 aromatic heterocycles. The van der Waals surface area contributed by atoms with Gasteiger partial charge in [-0.2, -0.15) is 4.57 Å². The molecule has 0 aromatic carbocycles. The molecule has 4 rings (SSSR count). The summed E-state index contributed by atoms with van der Waals surface area (Å²) in [4.78, 5) is 60.4. The van der Waals surface area contributed by atoms with Crippen LogP contribution in [0, 0.1) is 12.3 Å². The van der Waals surface area contributed by atoms with Gasteiger partial charge in [-0.25, -0.2) is 4.98 Å². The van der Waals surface area contributed by atoms with Crippen molar-refractivity contribution in [1.29, 1.82) is 0 Å². The summed E-state index contributed by atoms with van der Waals surface area (Å²) >= 11 is 2.22. The Morgan fingerprint density at radius 3 is 2.70 bits per heavy atom. The van der Waals surface area contributed by atoms with Crippen molar-refractivity contribution in [3.63, 3.8) is 0 Å². The number of primary amides is 1. The van der Waals surface area contributed by atoms with E-state index in [4.69, 9.17) is 22.7 Å². The van der Waals surface area contributed by atoms with E-state index in [2.05, 4.69) is 21.4 Å². The molecule has 0 aliphatic carbocycles. The molecule has 190 valence electrons. The van der Waals surface area contributed by atoms with Crippen LogP contribution < -0.4 is 26.5 Å². The number of thiazole rings is 1. The van der Waals surface area contributed by atoms with Crippen molar-refractivity contribution in [2.45, 2.75) is 17.5 Å². The highest BCUT2D eigenvalue weighted by Crippen LogP contribution is 2.42. The summed E-state index contributed by atoms with van der Waals surface area (Å²) in [5, 5.41) is 19.3. The number of thioether (sulfide) groups is 1. The molecule has 2 aliphatic heterocycles. The van der Waals surface area contributed by atoms with Crippen LogP contribution in [0.1, 0.15) is 11.7 Å². The zero-order valence-corrected chi connectivity index (χ0v) is 20.5. The first-order valence-electron chi connectivity index (χ1n) is 10.5. The lowest BCUT2D eigenvalue weighted by molar-refractivity contribution is -0.701. The van der Waals surface area contributed by atoms with Gasteiger partial charge in [0.25, 0.3) is 23.8 Å². The summed E-state index contributed by atoms with van der Waals surface area (Å²) in [6.07, 6.45) is 8.26. The number of aromatic nitrogens is 2. The molecule has 3 atom stereocenters. The van der Waals surface area contributed by atoms with E-state index in [-0.39, 0.29) is 34.5 Å². The SMILES string of the molecule is C#CCON=C(C(=O)NC1C(=O)N2C(C(=O)[O-])=C(C(C(N)=O)[n+]3ccccc3)CS[C@@H]12)c1csc(N)n1. The molecule has 2 aromatic rings. The average Bonchev–Trinajstić information content (AvgIpc) is 3.30. The lowest BCUT2D eigenvalue weighted by Crippen LogP contribution is -2.72. The maximum absolute atomic E-state index is 13.1. The number of oxime groups is 1. The third-order valence-corrected chi connectivity index (χ3v) is 7.37. The van der Waals surface area contributed by atoms with Gasteiger partial charge in [-0.1, -0.05) is 17.1 Å². The largest absolute Gasteiger partial charge is 0.543 e. The standard InChI is InChI=1S/C22H19N7O6S2/c1-2-8-35-27-13(12-10-37-22(24)25-12)18(31)26-14-19(32)29-16(21(33)34)11(9-36-20(14)29)15(17(23)30)28-6-4-3-5-7-28/h1,3-7,10,14-15,20H,8-9H2,(H5-,23,24,25,26,30,31,33,34)/t14?,15?,20-/m0/s1. The fourth-order valence-electron chi connectivity index (χ4n) is 3.87. The first-order valence-corrected chi connectivity index (χ1v) is 12.5. The Hall–Kier alpha value is -4.42. The number of nitrogens with one attached hydrogen (secondary N) is 1. The minimum absolute atomic E-state index is 0.0362. The zero-order valence-electron chi connectivity index (χ0n) is 18.9. The number of β-lactam (4-membered cyclic amide) rings is 1. The number of rotatable bonds is 9. The number of terminal acetylenes is 1. The summed E-state index contributed by atoms with van der Waals surface area (Å²) in [5.41, 5.74) is 10.7. The maximum atomic E-state index is 13.1. The first-order chi connectivity index (χ1) is 17.7. The molecule has 0 saturated carbocycles. The Labute approximate surface area is 218 Å². The van der Waals surface area contributed by atoms with Crippen LogP contribution in [-0.2, 0) is 24.0 Å². The minimum atomic E-state index is -1.65. The fourth-order valence-corrected chi connectivity index (χ4v) is 5.80. The fraction of sp³-hybridized carbons (Fsp3) is 0.227. The van der Waals surface area contributed by atoms with Crippen LogP contribution in [0.25, 0.3) is 0 Å². The number of fused-ring (bicyclic) bond motifs is 1. The zero-order chi connectivity index (χ0) is 26.7. The summed E-state index contributed by atoms with van der Waals surface area (Å²) < 4.78 is 1.45. The molecule has 37 heavy (non-hydrogen) atoms. The molecular weight excluding hydrogens is 522 g/mol. The smallest absolute Gasteiger partial charge is 0.291 e. The number of anilines is 1. The number of carbonyl (C=O) groups excluding carboxylic acids is 4. The Bertz CT molecular complexity index is 1370. The number of pyridine rings is 1. The van der Waals surface area contributed by atoms with Crippen molar-refractivity contribution in [3.8, 4) is 12.3 Å². The second kappa shape index (κ2) is 10.7. The number of amides is 3. The lowest BCUT2D eigenvalue weighted by atomic mass is 9.98. The molecule has 1 fully saturated rings.